The van der Waals surface area contributed by atoms with Crippen molar-refractivity contribution >= 4 is 21.6 Å². The summed E-state index contributed by atoms with van der Waals surface area (Å²) in [5.41, 5.74) is 0.628. The largest absolute Gasteiger partial charge is 0.352 e. The zero-order valence-corrected chi connectivity index (χ0v) is 18.9. The lowest BCUT2D eigenvalue weighted by Gasteiger charge is -2.30. The summed E-state index contributed by atoms with van der Waals surface area (Å²) in [6.07, 6.45) is 3.35. The zero-order valence-electron chi connectivity index (χ0n) is 18.1. The van der Waals surface area contributed by atoms with Gasteiger partial charge in [0.25, 0.3) is 15.9 Å². The van der Waals surface area contributed by atoms with Crippen LogP contribution in [0.2, 0.25) is 0 Å². The Morgan fingerprint density at radius 3 is 2.68 bits per heavy atom. The van der Waals surface area contributed by atoms with Gasteiger partial charge in [-0.3, -0.25) is 9.10 Å². The highest BCUT2D eigenvalue weighted by Crippen LogP contribution is 2.23. The van der Waals surface area contributed by atoms with Crippen molar-refractivity contribution in [3.05, 3.63) is 59.9 Å². The van der Waals surface area contributed by atoms with E-state index in [1.807, 2.05) is 0 Å². The van der Waals surface area contributed by atoms with E-state index in [-0.39, 0.29) is 10.8 Å². The number of anilines is 1. The van der Waals surface area contributed by atoms with E-state index >= 15 is 0 Å². The lowest BCUT2D eigenvalue weighted by atomic mass is 10.0. The first-order chi connectivity index (χ1) is 14.8. The molecular weight excluding hydrogens is 417 g/mol. The molecule has 1 amide bonds. The molecule has 31 heavy (non-hydrogen) atoms. The lowest BCUT2D eigenvalue weighted by molar-refractivity contribution is 0.0950. The van der Waals surface area contributed by atoms with Gasteiger partial charge in [-0.25, -0.2) is 12.8 Å². The number of sulfonamides is 1. The molecule has 2 aromatic rings. The first kappa shape index (κ1) is 23.2. The first-order valence-corrected chi connectivity index (χ1v) is 12.1. The third kappa shape index (κ3) is 6.04. The molecule has 8 heteroatoms. The number of hydrogen-bond acceptors (Lipinski definition) is 4. The van der Waals surface area contributed by atoms with Gasteiger partial charge in [-0.05, 0) is 80.7 Å². The standard InChI is InChI=1S/C23H30FN3O3S/c1-18-6-4-14-27(17-18)15-5-13-25-23(28)19-7-3-8-22(16-19)31(29,30)26(2)21-11-9-20(24)10-12-21/h3,7-12,16,18H,4-6,13-15,17H2,1-2H3,(H,25,28)/t18-/m1/s1. The molecule has 0 spiro atoms. The highest BCUT2D eigenvalue weighted by molar-refractivity contribution is 7.92. The Kier molecular flexibility index (Phi) is 7.67. The summed E-state index contributed by atoms with van der Waals surface area (Å²) >= 11 is 0. The summed E-state index contributed by atoms with van der Waals surface area (Å²) < 4.78 is 40.1. The van der Waals surface area contributed by atoms with Gasteiger partial charge in [-0.15, -0.1) is 0 Å². The number of nitrogens with one attached hydrogen (secondary N) is 1. The SMILES string of the molecule is C[C@@H]1CCCN(CCCNC(=O)c2cccc(S(=O)(=O)N(C)c3ccc(F)cc3)c2)C1. The van der Waals surface area contributed by atoms with Gasteiger partial charge in [0.15, 0.2) is 0 Å². The van der Waals surface area contributed by atoms with Crippen LogP contribution in [0.25, 0.3) is 0 Å². The molecule has 0 bridgehead atoms. The second-order valence-corrected chi connectivity index (χ2v) is 10.1. The van der Waals surface area contributed by atoms with Crippen LogP contribution in [0.3, 0.4) is 0 Å². The molecule has 168 valence electrons. The van der Waals surface area contributed by atoms with E-state index in [2.05, 4.69) is 17.1 Å². The van der Waals surface area contributed by atoms with E-state index in [0.29, 0.717) is 17.8 Å². The summed E-state index contributed by atoms with van der Waals surface area (Å²) in [6, 6.07) is 11.2. The average molecular weight is 448 g/mol. The minimum absolute atomic E-state index is 0.00859. The monoisotopic (exact) mass is 447 g/mol. The third-order valence-electron chi connectivity index (χ3n) is 5.62. The number of halogens is 1. The Morgan fingerprint density at radius 2 is 1.97 bits per heavy atom. The molecule has 0 saturated carbocycles. The molecule has 1 fully saturated rings. The quantitative estimate of drug-likeness (QED) is 0.629. The van der Waals surface area contributed by atoms with Gasteiger partial charge in [-0.1, -0.05) is 13.0 Å². The molecule has 0 unspecified atom stereocenters. The summed E-state index contributed by atoms with van der Waals surface area (Å²) in [5, 5.41) is 2.88. The van der Waals surface area contributed by atoms with Crippen LogP contribution in [0.1, 0.15) is 36.5 Å². The number of benzene rings is 2. The van der Waals surface area contributed by atoms with Crippen molar-refractivity contribution in [2.24, 2.45) is 5.92 Å². The van der Waals surface area contributed by atoms with E-state index in [1.54, 1.807) is 12.1 Å². The maximum absolute atomic E-state index is 13.1. The molecule has 1 aliphatic heterocycles. The lowest BCUT2D eigenvalue weighted by Crippen LogP contribution is -2.36. The van der Waals surface area contributed by atoms with Crippen molar-refractivity contribution < 1.29 is 17.6 Å². The van der Waals surface area contributed by atoms with E-state index in [0.717, 1.165) is 36.3 Å². The number of piperidine rings is 1. The first-order valence-electron chi connectivity index (χ1n) is 10.6. The number of hydrogen-bond donors (Lipinski definition) is 1. The van der Waals surface area contributed by atoms with Gasteiger partial charge < -0.3 is 10.2 Å². The van der Waals surface area contributed by atoms with Crippen molar-refractivity contribution in [3.8, 4) is 0 Å². The summed E-state index contributed by atoms with van der Waals surface area (Å²) in [7, 11) is -2.48. The third-order valence-corrected chi connectivity index (χ3v) is 7.40. The molecule has 1 aliphatic rings. The van der Waals surface area contributed by atoms with Crippen molar-refractivity contribution in [1.29, 1.82) is 0 Å². The average Bonchev–Trinajstić information content (AvgIpc) is 2.77. The van der Waals surface area contributed by atoms with Crippen LogP contribution in [-0.4, -0.2) is 52.5 Å². The second kappa shape index (κ2) is 10.2. The molecule has 6 nitrogen and oxygen atoms in total. The topological polar surface area (TPSA) is 69.7 Å². The molecule has 0 radical (unpaired) electrons. The van der Waals surface area contributed by atoms with Crippen LogP contribution in [-0.2, 0) is 10.0 Å². The van der Waals surface area contributed by atoms with Crippen molar-refractivity contribution in [3.63, 3.8) is 0 Å². The molecule has 3 rings (SSSR count). The molecule has 2 aromatic carbocycles. The number of nitrogens with zero attached hydrogens (tertiary/aromatic N) is 2. The van der Waals surface area contributed by atoms with Gasteiger partial charge in [0.2, 0.25) is 0 Å². The maximum Gasteiger partial charge on any atom is 0.264 e. The number of amides is 1. The molecule has 1 saturated heterocycles. The Hall–Kier alpha value is -2.45. The van der Waals surface area contributed by atoms with Crippen molar-refractivity contribution in [2.75, 3.05) is 37.5 Å². The molecular formula is C23H30FN3O3S. The maximum atomic E-state index is 13.1. The predicted octanol–water partition coefficient (Wildman–Crippen LogP) is 3.50. The molecule has 1 heterocycles. The van der Waals surface area contributed by atoms with Gasteiger partial charge >= 0.3 is 0 Å². The van der Waals surface area contributed by atoms with Crippen molar-refractivity contribution in [1.82, 2.24) is 10.2 Å². The molecule has 0 aromatic heterocycles. The van der Waals surface area contributed by atoms with Gasteiger partial charge in [0.05, 0.1) is 10.6 Å². The fourth-order valence-corrected chi connectivity index (χ4v) is 5.08. The van der Waals surface area contributed by atoms with Gasteiger partial charge in [0, 0.05) is 25.7 Å². The van der Waals surface area contributed by atoms with Crippen LogP contribution >= 0.6 is 0 Å². The fraction of sp³-hybridized carbons (Fsp3) is 0.435. The summed E-state index contributed by atoms with van der Waals surface area (Å²) in [6.45, 7) is 5.97. The highest BCUT2D eigenvalue weighted by atomic mass is 32.2. The molecule has 1 N–H and O–H groups in total. The highest BCUT2D eigenvalue weighted by Gasteiger charge is 2.22. The van der Waals surface area contributed by atoms with Gasteiger partial charge in [-0.2, -0.15) is 0 Å². The predicted molar refractivity (Wildman–Crippen MR) is 120 cm³/mol. The summed E-state index contributed by atoms with van der Waals surface area (Å²) in [5.74, 6) is -0.0161. The van der Waals surface area contributed by atoms with Gasteiger partial charge in [0.1, 0.15) is 5.82 Å². The van der Waals surface area contributed by atoms with Crippen LogP contribution in [0.15, 0.2) is 53.4 Å². The van der Waals surface area contributed by atoms with E-state index in [4.69, 9.17) is 0 Å². The summed E-state index contributed by atoms with van der Waals surface area (Å²) in [4.78, 5) is 15.0. The number of carbonyl (C=O) groups excluding carboxylic acids is 1. The zero-order chi connectivity index (χ0) is 22.4. The Labute approximate surface area is 184 Å². The normalized spacial score (nSPS) is 17.3. The number of carbonyl (C=O) groups is 1. The smallest absolute Gasteiger partial charge is 0.264 e. The number of likely N-dealkylation sites (tertiary alicyclic amines) is 1. The van der Waals surface area contributed by atoms with Crippen LogP contribution in [0, 0.1) is 11.7 Å². The van der Waals surface area contributed by atoms with Crippen LogP contribution in [0.4, 0.5) is 10.1 Å². The van der Waals surface area contributed by atoms with Crippen LogP contribution in [0.5, 0.6) is 0 Å². The van der Waals surface area contributed by atoms with E-state index in [9.17, 15) is 17.6 Å². The minimum Gasteiger partial charge on any atom is -0.352 e. The van der Waals surface area contributed by atoms with E-state index in [1.165, 1.54) is 56.3 Å². The van der Waals surface area contributed by atoms with Crippen LogP contribution < -0.4 is 9.62 Å². The Balaban J connectivity index is 1.59. The molecule has 1 atom stereocenters. The van der Waals surface area contributed by atoms with E-state index < -0.39 is 15.8 Å². The fourth-order valence-electron chi connectivity index (χ4n) is 3.84. The number of rotatable bonds is 8. The van der Waals surface area contributed by atoms with Crippen molar-refractivity contribution in [2.45, 2.75) is 31.1 Å². The second-order valence-electron chi connectivity index (χ2n) is 8.13. The molecule has 0 aliphatic carbocycles. The Morgan fingerprint density at radius 1 is 1.23 bits per heavy atom. The Bertz CT molecular complexity index is 995. The minimum atomic E-state index is -3.88.